The van der Waals surface area contributed by atoms with Crippen molar-refractivity contribution in [1.82, 2.24) is 9.97 Å². The molecular weight excluding hydrogens is 254 g/mol. The summed E-state index contributed by atoms with van der Waals surface area (Å²) in [5, 5.41) is 14.7. The van der Waals surface area contributed by atoms with Gasteiger partial charge in [-0.25, -0.2) is 9.97 Å². The Morgan fingerprint density at radius 2 is 2.10 bits per heavy atom. The van der Waals surface area contributed by atoms with Crippen LogP contribution in [0.1, 0.15) is 12.8 Å². The summed E-state index contributed by atoms with van der Waals surface area (Å²) in [6, 6.07) is 11.1. The van der Waals surface area contributed by atoms with E-state index in [2.05, 4.69) is 15.3 Å². The highest BCUT2D eigenvalue weighted by atomic mass is 16.5. The molecule has 5 heteroatoms. The zero-order valence-electron chi connectivity index (χ0n) is 11.1. The van der Waals surface area contributed by atoms with Crippen molar-refractivity contribution >= 4 is 5.95 Å². The Morgan fingerprint density at radius 3 is 2.85 bits per heavy atom. The first-order valence-corrected chi connectivity index (χ1v) is 6.78. The highest BCUT2D eigenvalue weighted by molar-refractivity contribution is 5.61. The Labute approximate surface area is 117 Å². The molecule has 1 saturated heterocycles. The van der Waals surface area contributed by atoms with E-state index in [1.54, 1.807) is 0 Å². The van der Waals surface area contributed by atoms with Gasteiger partial charge in [-0.2, -0.15) is 0 Å². The molecule has 1 aliphatic rings. The van der Waals surface area contributed by atoms with Crippen molar-refractivity contribution < 1.29 is 9.84 Å². The second-order valence-corrected chi connectivity index (χ2v) is 4.80. The van der Waals surface area contributed by atoms with Crippen LogP contribution in [0.4, 0.5) is 5.95 Å². The van der Waals surface area contributed by atoms with E-state index >= 15 is 0 Å². The van der Waals surface area contributed by atoms with Crippen LogP contribution in [0, 0.1) is 0 Å². The van der Waals surface area contributed by atoms with Gasteiger partial charge in [0, 0.05) is 18.7 Å². The van der Waals surface area contributed by atoms with Crippen LogP contribution in [-0.2, 0) is 4.74 Å². The Kier molecular flexibility index (Phi) is 3.78. The first-order chi connectivity index (χ1) is 9.81. The number of nitrogens with zero attached hydrogens (tertiary/aromatic N) is 2. The molecule has 1 N–H and O–H groups in total. The molecule has 104 valence electrons. The van der Waals surface area contributed by atoms with Crippen LogP contribution >= 0.6 is 0 Å². The van der Waals surface area contributed by atoms with Gasteiger partial charge in [-0.1, -0.05) is 30.3 Å². The maximum Gasteiger partial charge on any atom is 0.222 e. The zero-order chi connectivity index (χ0) is 13.8. The maximum atomic E-state index is 11.7. The second kappa shape index (κ2) is 5.88. The number of nitrogens with one attached hydrogen (secondary N) is 1. The van der Waals surface area contributed by atoms with E-state index in [0.29, 0.717) is 18.2 Å². The number of rotatable bonds is 4. The number of aromatic nitrogens is 2. The van der Waals surface area contributed by atoms with E-state index in [4.69, 9.17) is 4.74 Å². The summed E-state index contributed by atoms with van der Waals surface area (Å²) >= 11 is 0. The van der Waals surface area contributed by atoms with Gasteiger partial charge < -0.3 is 15.2 Å². The summed E-state index contributed by atoms with van der Waals surface area (Å²) in [6.07, 6.45) is 2.31. The van der Waals surface area contributed by atoms with Crippen molar-refractivity contribution in [2.45, 2.75) is 18.9 Å². The topological polar surface area (TPSA) is 70.1 Å². The monoisotopic (exact) mass is 270 g/mol. The van der Waals surface area contributed by atoms with Crippen molar-refractivity contribution in [2.24, 2.45) is 0 Å². The zero-order valence-corrected chi connectivity index (χ0v) is 11.1. The van der Waals surface area contributed by atoms with E-state index < -0.39 is 0 Å². The minimum absolute atomic E-state index is 0.189. The first kappa shape index (κ1) is 12.9. The Hall–Kier alpha value is -2.14. The molecule has 5 nitrogen and oxygen atoms in total. The Balaban J connectivity index is 1.76. The van der Waals surface area contributed by atoms with Crippen molar-refractivity contribution in [1.29, 1.82) is 0 Å². The molecule has 0 unspecified atom stereocenters. The second-order valence-electron chi connectivity index (χ2n) is 4.80. The highest BCUT2D eigenvalue weighted by Gasteiger charge is 2.15. The van der Waals surface area contributed by atoms with Crippen molar-refractivity contribution in [3.8, 4) is 17.1 Å². The standard InChI is InChI=1S/C15H17N3O2/c19-14-9-13(11-5-2-1-3-6-11)17-15(18-14)16-10-12-7-4-8-20-12/h1-3,5-6,9,12H,4,7-8,10H2,(H2,16,17,18,19)/p-1/t12-/m0/s1. The van der Waals surface area contributed by atoms with E-state index in [0.717, 1.165) is 25.0 Å². The highest BCUT2D eigenvalue weighted by Crippen LogP contribution is 2.20. The Bertz CT molecular complexity index is 569. The smallest absolute Gasteiger partial charge is 0.222 e. The minimum atomic E-state index is -0.284. The lowest BCUT2D eigenvalue weighted by Crippen LogP contribution is -2.20. The summed E-state index contributed by atoms with van der Waals surface area (Å²) in [5.41, 5.74) is 1.55. The molecule has 0 radical (unpaired) electrons. The fourth-order valence-electron chi connectivity index (χ4n) is 2.27. The lowest BCUT2D eigenvalue weighted by Gasteiger charge is -2.14. The van der Waals surface area contributed by atoms with Gasteiger partial charge in [-0.3, -0.25) is 0 Å². The van der Waals surface area contributed by atoms with Gasteiger partial charge in [-0.15, -0.1) is 0 Å². The number of ether oxygens (including phenoxy) is 1. The molecule has 1 aromatic carbocycles. The van der Waals surface area contributed by atoms with Crippen molar-refractivity contribution in [2.75, 3.05) is 18.5 Å². The molecule has 1 aromatic heterocycles. The van der Waals surface area contributed by atoms with Gasteiger partial charge in [0.1, 0.15) is 0 Å². The van der Waals surface area contributed by atoms with Gasteiger partial charge in [0.25, 0.3) is 0 Å². The number of hydrogen-bond donors (Lipinski definition) is 1. The molecule has 0 saturated carbocycles. The Morgan fingerprint density at radius 1 is 1.25 bits per heavy atom. The third-order valence-electron chi connectivity index (χ3n) is 3.28. The molecule has 20 heavy (non-hydrogen) atoms. The summed E-state index contributed by atoms with van der Waals surface area (Å²) in [4.78, 5) is 8.27. The lowest BCUT2D eigenvalue weighted by molar-refractivity contribution is -0.274. The van der Waals surface area contributed by atoms with Crippen molar-refractivity contribution in [3.63, 3.8) is 0 Å². The maximum absolute atomic E-state index is 11.7. The minimum Gasteiger partial charge on any atom is -0.858 e. The van der Waals surface area contributed by atoms with Crippen LogP contribution in [0.5, 0.6) is 5.88 Å². The summed E-state index contributed by atoms with van der Waals surface area (Å²) < 4.78 is 5.52. The quantitative estimate of drug-likeness (QED) is 0.917. The average molecular weight is 270 g/mol. The third-order valence-corrected chi connectivity index (χ3v) is 3.28. The summed E-state index contributed by atoms with van der Waals surface area (Å²) in [6.45, 7) is 1.45. The fraction of sp³-hybridized carbons (Fsp3) is 0.333. The molecule has 1 aliphatic heterocycles. The van der Waals surface area contributed by atoms with E-state index in [9.17, 15) is 5.11 Å². The number of anilines is 1. The average Bonchev–Trinajstić information content (AvgIpc) is 2.99. The first-order valence-electron chi connectivity index (χ1n) is 6.78. The van der Waals surface area contributed by atoms with Crippen LogP contribution in [0.2, 0.25) is 0 Å². The predicted octanol–water partition coefficient (Wildman–Crippen LogP) is 1.81. The summed E-state index contributed by atoms with van der Waals surface area (Å²) in [5.74, 6) is 0.0838. The van der Waals surface area contributed by atoms with Crippen molar-refractivity contribution in [3.05, 3.63) is 36.4 Å². The molecule has 0 bridgehead atoms. The molecule has 0 spiro atoms. The molecule has 1 fully saturated rings. The van der Waals surface area contributed by atoms with Gasteiger partial charge in [0.15, 0.2) is 0 Å². The van der Waals surface area contributed by atoms with Crippen LogP contribution in [0.3, 0.4) is 0 Å². The normalized spacial score (nSPS) is 18.1. The lowest BCUT2D eigenvalue weighted by atomic mass is 10.1. The molecule has 1 atom stereocenters. The van der Waals surface area contributed by atoms with Crippen LogP contribution in [0.15, 0.2) is 36.4 Å². The van der Waals surface area contributed by atoms with E-state index in [1.165, 1.54) is 6.07 Å². The summed E-state index contributed by atoms with van der Waals surface area (Å²) in [7, 11) is 0. The van der Waals surface area contributed by atoms with Gasteiger partial charge in [0.2, 0.25) is 5.95 Å². The molecule has 2 heterocycles. The van der Waals surface area contributed by atoms with Gasteiger partial charge >= 0.3 is 0 Å². The molecule has 0 aliphatic carbocycles. The van der Waals surface area contributed by atoms with E-state index in [-0.39, 0.29) is 12.0 Å². The van der Waals surface area contributed by atoms with Gasteiger partial charge in [0.05, 0.1) is 11.8 Å². The van der Waals surface area contributed by atoms with Crippen LogP contribution < -0.4 is 10.4 Å². The molecular formula is C15H16N3O2-. The molecule has 2 aromatic rings. The van der Waals surface area contributed by atoms with E-state index in [1.807, 2.05) is 30.3 Å². The number of benzene rings is 1. The molecule has 3 rings (SSSR count). The largest absolute Gasteiger partial charge is 0.858 e. The predicted molar refractivity (Wildman–Crippen MR) is 74.4 cm³/mol. The van der Waals surface area contributed by atoms with Crippen LogP contribution in [-0.4, -0.2) is 29.2 Å². The van der Waals surface area contributed by atoms with Crippen LogP contribution in [0.25, 0.3) is 11.3 Å². The third kappa shape index (κ3) is 3.05. The number of hydrogen-bond acceptors (Lipinski definition) is 5. The SMILES string of the molecule is [O-]c1cc(-c2ccccc2)nc(NC[C@@H]2CCCO2)n1. The molecule has 0 amide bonds. The van der Waals surface area contributed by atoms with Gasteiger partial charge in [-0.05, 0) is 24.8 Å². The fourth-order valence-corrected chi connectivity index (χ4v) is 2.27.